The zero-order valence-corrected chi connectivity index (χ0v) is 22.0. The first-order chi connectivity index (χ1) is 16.2. The second kappa shape index (κ2) is 10.2. The molecule has 0 bridgehead atoms. The lowest BCUT2D eigenvalue weighted by Gasteiger charge is -2.20. The highest BCUT2D eigenvalue weighted by Crippen LogP contribution is 2.38. The number of rotatable bonds is 8. The second-order valence-electron chi connectivity index (χ2n) is 8.19. The van der Waals surface area contributed by atoms with Crippen molar-refractivity contribution in [3.8, 4) is 0 Å². The summed E-state index contributed by atoms with van der Waals surface area (Å²) in [6, 6.07) is 4.92. The number of hydrogen-bond acceptors (Lipinski definition) is 8. The number of benzene rings is 1. The zero-order chi connectivity index (χ0) is 24.5. The quantitative estimate of drug-likeness (QED) is 0.338. The van der Waals surface area contributed by atoms with Crippen LogP contribution in [-0.4, -0.2) is 47.4 Å². The molecule has 34 heavy (non-hydrogen) atoms. The number of amides is 1. The van der Waals surface area contributed by atoms with Gasteiger partial charge in [-0.05, 0) is 55.9 Å². The highest BCUT2D eigenvalue weighted by Gasteiger charge is 2.24. The number of thioether (sulfide) groups is 1. The monoisotopic (exact) mass is 519 g/mol. The van der Waals surface area contributed by atoms with E-state index >= 15 is 0 Å². The molecular weight excluding hydrogens is 490 g/mol. The number of nitrogen functional groups attached to an aromatic ring is 1. The molecular formula is C23H29N5O3S3. The molecule has 3 N–H and O–H groups in total. The van der Waals surface area contributed by atoms with E-state index in [0.717, 1.165) is 29.5 Å². The highest BCUT2D eigenvalue weighted by molar-refractivity contribution is 7.99. The summed E-state index contributed by atoms with van der Waals surface area (Å²) in [5.41, 5.74) is 8.61. The molecule has 0 radical (unpaired) electrons. The molecule has 182 valence electrons. The fourth-order valence-corrected chi connectivity index (χ4v) is 7.90. The second-order valence-corrected chi connectivity index (χ2v) is 12.1. The molecule has 3 aromatic rings. The summed E-state index contributed by atoms with van der Waals surface area (Å²) >= 11 is 2.88. The van der Waals surface area contributed by atoms with Crippen LogP contribution >= 0.6 is 23.1 Å². The lowest BCUT2D eigenvalue weighted by molar-refractivity contribution is -0.113. The number of thiophene rings is 1. The Morgan fingerprint density at radius 1 is 1.21 bits per heavy atom. The van der Waals surface area contributed by atoms with Gasteiger partial charge in [-0.2, -0.15) is 4.31 Å². The van der Waals surface area contributed by atoms with Crippen LogP contribution in [0.1, 0.15) is 42.7 Å². The number of fused-ring (bicyclic) bond motifs is 3. The third-order valence-corrected chi connectivity index (χ3v) is 10.2. The summed E-state index contributed by atoms with van der Waals surface area (Å²) in [6.45, 7) is 6.12. The zero-order valence-electron chi connectivity index (χ0n) is 19.6. The Morgan fingerprint density at radius 3 is 2.68 bits per heavy atom. The van der Waals surface area contributed by atoms with Crippen LogP contribution < -0.4 is 11.1 Å². The van der Waals surface area contributed by atoms with Crippen LogP contribution in [0, 0.1) is 6.92 Å². The van der Waals surface area contributed by atoms with Gasteiger partial charge in [-0.15, -0.1) is 11.3 Å². The van der Waals surface area contributed by atoms with Gasteiger partial charge in [-0.1, -0.05) is 31.7 Å². The van der Waals surface area contributed by atoms with E-state index in [1.807, 2.05) is 0 Å². The molecule has 0 atom stereocenters. The van der Waals surface area contributed by atoms with Crippen molar-refractivity contribution in [2.75, 3.05) is 29.9 Å². The molecule has 0 unspecified atom stereocenters. The van der Waals surface area contributed by atoms with Crippen molar-refractivity contribution < 1.29 is 13.2 Å². The van der Waals surface area contributed by atoms with Crippen molar-refractivity contribution in [1.29, 1.82) is 0 Å². The first-order valence-electron chi connectivity index (χ1n) is 11.4. The van der Waals surface area contributed by atoms with Crippen LogP contribution in [0.5, 0.6) is 0 Å². The van der Waals surface area contributed by atoms with Crippen LogP contribution in [0.15, 0.2) is 28.3 Å². The predicted molar refractivity (Wildman–Crippen MR) is 139 cm³/mol. The maximum atomic E-state index is 13.0. The minimum absolute atomic E-state index is 0.0854. The third-order valence-electron chi connectivity index (χ3n) is 5.95. The van der Waals surface area contributed by atoms with Crippen LogP contribution in [0.4, 0.5) is 11.5 Å². The van der Waals surface area contributed by atoms with E-state index in [1.54, 1.807) is 44.2 Å². The van der Waals surface area contributed by atoms with Gasteiger partial charge in [0.25, 0.3) is 0 Å². The van der Waals surface area contributed by atoms with Crippen molar-refractivity contribution in [1.82, 2.24) is 14.3 Å². The number of hydrogen-bond donors (Lipinski definition) is 2. The van der Waals surface area contributed by atoms with Gasteiger partial charge in [0.05, 0.1) is 16.0 Å². The minimum atomic E-state index is -3.63. The Labute approximate surface area is 208 Å². The smallest absolute Gasteiger partial charge is 0.243 e. The van der Waals surface area contributed by atoms with Gasteiger partial charge in [0.1, 0.15) is 10.6 Å². The average molecular weight is 520 g/mol. The molecule has 1 aliphatic rings. The van der Waals surface area contributed by atoms with Gasteiger partial charge in [0, 0.05) is 23.7 Å². The van der Waals surface area contributed by atoms with Crippen molar-refractivity contribution in [2.45, 2.75) is 56.5 Å². The number of anilines is 2. The Kier molecular flexibility index (Phi) is 7.46. The Balaban J connectivity index is 1.47. The highest BCUT2D eigenvalue weighted by atomic mass is 32.2. The van der Waals surface area contributed by atoms with Crippen molar-refractivity contribution in [3.05, 3.63) is 34.2 Å². The standard InChI is InChI=1S/C23H29N5O3S3/c1-4-28(5-2)34(30,31)18-12-15(11-10-14(18)3)25-19(29)13-32-23-26-21(24)20-16-8-6-7-9-17(16)33-22(20)27-23/h10-12H,4-9,13H2,1-3H3,(H,25,29)(H2,24,26,27). The fraction of sp³-hybridized carbons (Fsp3) is 0.435. The molecule has 2 aromatic heterocycles. The van der Waals surface area contributed by atoms with Crippen molar-refractivity contribution in [2.24, 2.45) is 0 Å². The molecule has 0 spiro atoms. The Morgan fingerprint density at radius 2 is 1.94 bits per heavy atom. The number of aryl methyl sites for hydroxylation is 3. The molecule has 1 amide bonds. The maximum absolute atomic E-state index is 13.0. The molecule has 2 heterocycles. The first kappa shape index (κ1) is 24.9. The molecule has 0 aliphatic heterocycles. The number of nitrogens with one attached hydrogen (secondary N) is 1. The van der Waals surface area contributed by atoms with E-state index in [0.29, 0.717) is 35.3 Å². The average Bonchev–Trinajstić information content (AvgIpc) is 3.18. The number of nitrogens with two attached hydrogens (primary N) is 1. The summed E-state index contributed by atoms with van der Waals surface area (Å²) in [4.78, 5) is 24.1. The Hall–Kier alpha value is -2.21. The Bertz CT molecular complexity index is 1330. The predicted octanol–water partition coefficient (Wildman–Crippen LogP) is 4.22. The van der Waals surface area contributed by atoms with Gasteiger partial charge >= 0.3 is 0 Å². The van der Waals surface area contributed by atoms with Crippen LogP contribution in [-0.2, 0) is 27.7 Å². The van der Waals surface area contributed by atoms with Gasteiger partial charge in [-0.3, -0.25) is 4.79 Å². The molecule has 0 fully saturated rings. The van der Waals surface area contributed by atoms with E-state index in [-0.39, 0.29) is 16.6 Å². The molecule has 4 rings (SSSR count). The van der Waals surface area contributed by atoms with Gasteiger partial charge in [0.2, 0.25) is 15.9 Å². The molecule has 1 aromatic carbocycles. The largest absolute Gasteiger partial charge is 0.383 e. The molecule has 11 heteroatoms. The number of carbonyl (C=O) groups excluding carboxylic acids is 1. The lowest BCUT2D eigenvalue weighted by Crippen LogP contribution is -2.31. The van der Waals surface area contributed by atoms with Crippen molar-refractivity contribution >= 4 is 60.8 Å². The summed E-state index contributed by atoms with van der Waals surface area (Å²) in [5.74, 6) is 0.284. The summed E-state index contributed by atoms with van der Waals surface area (Å²) in [5, 5.41) is 4.22. The number of carbonyl (C=O) groups is 1. The van der Waals surface area contributed by atoms with Crippen LogP contribution in [0.3, 0.4) is 0 Å². The normalized spacial score (nSPS) is 13.9. The van der Waals surface area contributed by atoms with E-state index < -0.39 is 10.0 Å². The number of aromatic nitrogens is 2. The molecule has 0 saturated heterocycles. The molecule has 1 aliphatic carbocycles. The van der Waals surface area contributed by atoms with E-state index in [4.69, 9.17) is 5.73 Å². The minimum Gasteiger partial charge on any atom is -0.383 e. The van der Waals surface area contributed by atoms with E-state index in [9.17, 15) is 13.2 Å². The van der Waals surface area contributed by atoms with Gasteiger partial charge in [-0.25, -0.2) is 18.4 Å². The summed E-state index contributed by atoms with van der Waals surface area (Å²) in [7, 11) is -3.63. The van der Waals surface area contributed by atoms with E-state index in [2.05, 4.69) is 15.3 Å². The first-order valence-corrected chi connectivity index (χ1v) is 14.6. The lowest BCUT2D eigenvalue weighted by atomic mass is 9.97. The molecule has 8 nitrogen and oxygen atoms in total. The number of sulfonamides is 1. The topological polar surface area (TPSA) is 118 Å². The fourth-order valence-electron chi connectivity index (χ4n) is 4.22. The van der Waals surface area contributed by atoms with E-state index in [1.165, 1.54) is 39.0 Å². The summed E-state index contributed by atoms with van der Waals surface area (Å²) < 4.78 is 27.3. The number of nitrogens with zero attached hydrogens (tertiary/aromatic N) is 3. The molecule has 0 saturated carbocycles. The third kappa shape index (κ3) is 4.93. The van der Waals surface area contributed by atoms with Gasteiger partial charge < -0.3 is 11.1 Å². The van der Waals surface area contributed by atoms with Crippen LogP contribution in [0.25, 0.3) is 10.2 Å². The van der Waals surface area contributed by atoms with Gasteiger partial charge in [0.15, 0.2) is 5.16 Å². The SMILES string of the molecule is CCN(CC)S(=O)(=O)c1cc(NC(=O)CSc2nc(N)c3c4c(sc3n2)CCCC4)ccc1C. The van der Waals surface area contributed by atoms with Crippen LogP contribution in [0.2, 0.25) is 0 Å². The van der Waals surface area contributed by atoms with Crippen molar-refractivity contribution in [3.63, 3.8) is 0 Å². The summed E-state index contributed by atoms with van der Waals surface area (Å²) in [6.07, 6.45) is 4.42. The maximum Gasteiger partial charge on any atom is 0.243 e.